The highest BCUT2D eigenvalue weighted by Gasteiger charge is 2.43. The van der Waals surface area contributed by atoms with Crippen molar-refractivity contribution in [2.45, 2.75) is 57.0 Å². The van der Waals surface area contributed by atoms with Gasteiger partial charge in [0.05, 0.1) is 0 Å². The topological polar surface area (TPSA) is 24.5 Å². The van der Waals surface area contributed by atoms with Crippen LogP contribution in [0.1, 0.15) is 44.9 Å². The Morgan fingerprint density at radius 3 is 2.89 bits per heavy atom. The molecule has 0 aromatic rings. The molecule has 2 aliphatic heterocycles. The van der Waals surface area contributed by atoms with Gasteiger partial charge in [-0.2, -0.15) is 0 Å². The van der Waals surface area contributed by atoms with Crippen molar-refractivity contribution in [2.24, 2.45) is 5.41 Å². The van der Waals surface area contributed by atoms with E-state index < -0.39 is 0 Å². The van der Waals surface area contributed by atoms with E-state index in [4.69, 9.17) is 4.74 Å². The Bertz CT molecular complexity index is 278. The molecular weight excluding hydrogens is 224 g/mol. The molecule has 104 valence electrons. The second kappa shape index (κ2) is 5.48. The number of rotatable bonds is 6. The molecule has 1 saturated carbocycles. The molecule has 0 bridgehead atoms. The third kappa shape index (κ3) is 2.73. The van der Waals surface area contributed by atoms with Crippen molar-refractivity contribution in [3.8, 4) is 0 Å². The Balaban J connectivity index is 1.46. The monoisotopic (exact) mass is 252 g/mol. The maximum atomic E-state index is 5.24. The molecule has 1 aliphatic carbocycles. The van der Waals surface area contributed by atoms with Crippen LogP contribution in [0.3, 0.4) is 0 Å². The zero-order chi connectivity index (χ0) is 12.4. The minimum Gasteiger partial charge on any atom is -0.385 e. The van der Waals surface area contributed by atoms with Crippen LogP contribution in [-0.2, 0) is 4.74 Å². The molecule has 2 unspecified atom stereocenters. The lowest BCUT2D eigenvalue weighted by Gasteiger charge is -2.33. The van der Waals surface area contributed by atoms with Gasteiger partial charge in [-0.15, -0.1) is 0 Å². The Labute approximate surface area is 111 Å². The predicted molar refractivity (Wildman–Crippen MR) is 73.8 cm³/mol. The maximum Gasteiger partial charge on any atom is 0.0468 e. The van der Waals surface area contributed by atoms with Crippen molar-refractivity contribution in [1.82, 2.24) is 10.2 Å². The zero-order valence-electron chi connectivity index (χ0n) is 11.8. The van der Waals surface area contributed by atoms with Crippen molar-refractivity contribution in [1.29, 1.82) is 0 Å². The summed E-state index contributed by atoms with van der Waals surface area (Å²) in [6.07, 6.45) is 9.70. The van der Waals surface area contributed by atoms with E-state index in [1.165, 1.54) is 64.6 Å². The summed E-state index contributed by atoms with van der Waals surface area (Å²) in [5, 5.41) is 3.90. The lowest BCUT2D eigenvalue weighted by molar-refractivity contribution is 0.161. The Morgan fingerprint density at radius 1 is 1.22 bits per heavy atom. The largest absolute Gasteiger partial charge is 0.385 e. The minimum atomic E-state index is 0.595. The SMILES string of the molecule is COCCC1(CNC2CCN3CCCCC23)CC1. The molecule has 3 nitrogen and oxygen atoms in total. The summed E-state index contributed by atoms with van der Waals surface area (Å²) in [5.41, 5.74) is 0.595. The quantitative estimate of drug-likeness (QED) is 0.783. The fraction of sp³-hybridized carbons (Fsp3) is 1.00. The molecule has 0 aromatic carbocycles. The fourth-order valence-electron chi connectivity index (χ4n) is 3.84. The lowest BCUT2D eigenvalue weighted by atomic mass is 9.97. The van der Waals surface area contributed by atoms with Crippen LogP contribution in [0.4, 0.5) is 0 Å². The summed E-state index contributed by atoms with van der Waals surface area (Å²) in [7, 11) is 1.82. The first-order valence-electron chi connectivity index (χ1n) is 7.79. The first-order valence-corrected chi connectivity index (χ1v) is 7.79. The molecule has 0 spiro atoms. The number of ether oxygens (including phenoxy) is 1. The van der Waals surface area contributed by atoms with Gasteiger partial charge in [-0.25, -0.2) is 0 Å². The highest BCUT2D eigenvalue weighted by molar-refractivity contribution is 4.99. The van der Waals surface area contributed by atoms with E-state index in [9.17, 15) is 0 Å². The molecule has 2 saturated heterocycles. The molecule has 2 atom stereocenters. The maximum absolute atomic E-state index is 5.24. The summed E-state index contributed by atoms with van der Waals surface area (Å²) >= 11 is 0. The average molecular weight is 252 g/mol. The summed E-state index contributed by atoms with van der Waals surface area (Å²) in [6, 6.07) is 1.61. The molecule has 3 rings (SSSR count). The van der Waals surface area contributed by atoms with Crippen LogP contribution in [-0.4, -0.2) is 50.3 Å². The second-order valence-corrected chi connectivity index (χ2v) is 6.62. The number of fused-ring (bicyclic) bond motifs is 1. The van der Waals surface area contributed by atoms with Crippen LogP contribution >= 0.6 is 0 Å². The molecule has 0 amide bonds. The van der Waals surface area contributed by atoms with Gasteiger partial charge in [-0.05, 0) is 50.5 Å². The van der Waals surface area contributed by atoms with E-state index in [1.54, 1.807) is 0 Å². The number of piperidine rings is 1. The summed E-state index contributed by atoms with van der Waals surface area (Å²) in [4.78, 5) is 2.72. The number of hydrogen-bond acceptors (Lipinski definition) is 3. The Hall–Kier alpha value is -0.120. The zero-order valence-corrected chi connectivity index (χ0v) is 11.8. The first-order chi connectivity index (χ1) is 8.83. The number of hydrogen-bond donors (Lipinski definition) is 1. The average Bonchev–Trinajstić information content (AvgIpc) is 3.07. The van der Waals surface area contributed by atoms with Crippen LogP contribution in [0, 0.1) is 5.41 Å². The van der Waals surface area contributed by atoms with Crippen molar-refractivity contribution < 1.29 is 4.74 Å². The standard InChI is InChI=1S/C15H28N2O/c1-18-11-8-15(6-7-15)12-16-13-5-10-17-9-3-2-4-14(13)17/h13-14,16H,2-12H2,1H3. The Morgan fingerprint density at radius 2 is 2.11 bits per heavy atom. The fourth-order valence-corrected chi connectivity index (χ4v) is 3.84. The minimum absolute atomic E-state index is 0.595. The highest BCUT2D eigenvalue weighted by atomic mass is 16.5. The summed E-state index contributed by atoms with van der Waals surface area (Å²) in [5.74, 6) is 0. The van der Waals surface area contributed by atoms with E-state index in [0.29, 0.717) is 5.41 Å². The van der Waals surface area contributed by atoms with E-state index in [1.807, 2.05) is 7.11 Å². The van der Waals surface area contributed by atoms with Crippen molar-refractivity contribution >= 4 is 0 Å². The van der Waals surface area contributed by atoms with Crippen molar-refractivity contribution in [3.63, 3.8) is 0 Å². The summed E-state index contributed by atoms with van der Waals surface area (Å²) in [6.45, 7) is 4.83. The van der Waals surface area contributed by atoms with E-state index in [0.717, 1.165) is 18.7 Å². The van der Waals surface area contributed by atoms with Crippen molar-refractivity contribution in [2.75, 3.05) is 33.4 Å². The smallest absolute Gasteiger partial charge is 0.0468 e. The van der Waals surface area contributed by atoms with Crippen LogP contribution in [0.2, 0.25) is 0 Å². The van der Waals surface area contributed by atoms with Crippen LogP contribution in [0.5, 0.6) is 0 Å². The first kappa shape index (κ1) is 12.9. The van der Waals surface area contributed by atoms with Gasteiger partial charge < -0.3 is 10.1 Å². The molecule has 2 heterocycles. The van der Waals surface area contributed by atoms with E-state index >= 15 is 0 Å². The van der Waals surface area contributed by atoms with Gasteiger partial charge in [-0.3, -0.25) is 4.90 Å². The predicted octanol–water partition coefficient (Wildman–Crippen LogP) is 2.02. The van der Waals surface area contributed by atoms with Gasteiger partial charge >= 0.3 is 0 Å². The molecule has 0 aromatic heterocycles. The summed E-state index contributed by atoms with van der Waals surface area (Å²) < 4.78 is 5.24. The number of methoxy groups -OCH3 is 1. The van der Waals surface area contributed by atoms with Crippen LogP contribution in [0.25, 0.3) is 0 Å². The van der Waals surface area contributed by atoms with Crippen LogP contribution in [0.15, 0.2) is 0 Å². The van der Waals surface area contributed by atoms with E-state index in [2.05, 4.69) is 10.2 Å². The second-order valence-electron chi connectivity index (χ2n) is 6.62. The van der Waals surface area contributed by atoms with Crippen molar-refractivity contribution in [3.05, 3.63) is 0 Å². The molecule has 1 N–H and O–H groups in total. The van der Waals surface area contributed by atoms with Gasteiger partial charge in [-0.1, -0.05) is 6.42 Å². The molecular formula is C15H28N2O. The Kier molecular flexibility index (Phi) is 3.92. The highest BCUT2D eigenvalue weighted by Crippen LogP contribution is 2.48. The van der Waals surface area contributed by atoms with Gasteiger partial charge in [0.15, 0.2) is 0 Å². The molecule has 3 aliphatic rings. The number of nitrogens with zero attached hydrogens (tertiary/aromatic N) is 1. The molecule has 3 heteroatoms. The molecule has 18 heavy (non-hydrogen) atoms. The third-order valence-electron chi connectivity index (χ3n) is 5.39. The lowest BCUT2D eigenvalue weighted by Crippen LogP contribution is -2.46. The normalized spacial score (nSPS) is 34.5. The van der Waals surface area contributed by atoms with Crippen LogP contribution < -0.4 is 5.32 Å². The molecule has 0 radical (unpaired) electrons. The van der Waals surface area contributed by atoms with Gasteiger partial charge in [0, 0.05) is 38.9 Å². The number of nitrogens with one attached hydrogen (secondary N) is 1. The van der Waals surface area contributed by atoms with Gasteiger partial charge in [0.2, 0.25) is 0 Å². The third-order valence-corrected chi connectivity index (χ3v) is 5.39. The van der Waals surface area contributed by atoms with Gasteiger partial charge in [0.1, 0.15) is 0 Å². The molecule has 3 fully saturated rings. The van der Waals surface area contributed by atoms with E-state index in [-0.39, 0.29) is 0 Å². The van der Waals surface area contributed by atoms with Gasteiger partial charge in [0.25, 0.3) is 0 Å².